The van der Waals surface area contributed by atoms with E-state index < -0.39 is 0 Å². The highest BCUT2D eigenvalue weighted by atomic mass is 16.1. The van der Waals surface area contributed by atoms with Gasteiger partial charge in [-0.25, -0.2) is 5.84 Å². The van der Waals surface area contributed by atoms with Crippen LogP contribution in [0.1, 0.15) is 12.8 Å². The number of hydrazine groups is 1. The van der Waals surface area contributed by atoms with Crippen LogP contribution in [0.2, 0.25) is 0 Å². The molecule has 5 heteroatoms. The van der Waals surface area contributed by atoms with E-state index in [1.165, 1.54) is 11.2 Å². The molecule has 1 heterocycles. The zero-order valence-corrected chi connectivity index (χ0v) is 7.99. The van der Waals surface area contributed by atoms with E-state index in [2.05, 4.69) is 5.32 Å². The van der Waals surface area contributed by atoms with Gasteiger partial charge in [-0.3, -0.25) is 4.79 Å². The highest BCUT2D eigenvalue weighted by molar-refractivity contribution is 5.79. The molecule has 0 aromatic rings. The lowest BCUT2D eigenvalue weighted by Gasteiger charge is -2.08. The number of hydrogen-bond donors (Lipinski definition) is 3. The van der Waals surface area contributed by atoms with Gasteiger partial charge in [0.2, 0.25) is 0 Å². The zero-order valence-electron chi connectivity index (χ0n) is 7.99. The number of carbonyl (C=O) groups excluding carboxylic acids is 1. The van der Waals surface area contributed by atoms with Crippen molar-refractivity contribution in [3.05, 3.63) is 12.4 Å². The van der Waals surface area contributed by atoms with Crippen molar-refractivity contribution in [1.29, 1.82) is 0 Å². The van der Waals surface area contributed by atoms with Crippen molar-refractivity contribution in [2.75, 3.05) is 20.1 Å². The van der Waals surface area contributed by atoms with Crippen molar-refractivity contribution < 1.29 is 4.79 Å². The Morgan fingerprint density at radius 2 is 2.00 bits per heavy atom. The van der Waals surface area contributed by atoms with E-state index in [4.69, 9.17) is 11.6 Å². The largest absolute Gasteiger partial charge is 0.403 e. The van der Waals surface area contributed by atoms with Crippen LogP contribution >= 0.6 is 0 Å². The number of hydrogen-bond acceptors (Lipinski definition) is 5. The van der Waals surface area contributed by atoms with E-state index in [1.807, 2.05) is 0 Å². The summed E-state index contributed by atoms with van der Waals surface area (Å²) in [7, 11) is 1.70. The molecule has 1 rings (SSSR count). The molecular formula is C8H18N4O. The molecule has 1 aliphatic heterocycles. The summed E-state index contributed by atoms with van der Waals surface area (Å²) < 4.78 is 0. The Morgan fingerprint density at radius 3 is 2.15 bits per heavy atom. The van der Waals surface area contributed by atoms with Crippen molar-refractivity contribution in [2.45, 2.75) is 12.8 Å². The van der Waals surface area contributed by atoms with E-state index in [9.17, 15) is 4.79 Å². The molecule has 0 radical (unpaired) electrons. The van der Waals surface area contributed by atoms with Crippen LogP contribution in [0.5, 0.6) is 0 Å². The number of nitrogens with two attached hydrogens (primary N) is 2. The second kappa shape index (κ2) is 7.57. The summed E-state index contributed by atoms with van der Waals surface area (Å²) in [5.41, 5.74) is 4.93. The molecule has 0 amide bonds. The van der Waals surface area contributed by atoms with Gasteiger partial charge in [0.05, 0.1) is 0 Å². The number of carbonyl (C=O) groups is 1. The lowest BCUT2D eigenvalue weighted by molar-refractivity contribution is -0.119. The Bertz CT molecular complexity index is 160. The number of nitrogens with zero attached hydrogens (tertiary/aromatic N) is 1. The zero-order chi connectivity index (χ0) is 10.1. The van der Waals surface area contributed by atoms with Gasteiger partial charge in [-0.15, -0.1) is 0 Å². The fraction of sp³-hybridized carbons (Fsp3) is 0.625. The average Bonchev–Trinajstić information content (AvgIpc) is 2.06. The summed E-state index contributed by atoms with van der Waals surface area (Å²) in [6, 6.07) is 0. The predicted molar refractivity (Wildman–Crippen MR) is 52.4 cm³/mol. The van der Waals surface area contributed by atoms with Gasteiger partial charge in [0.15, 0.2) is 0 Å². The third-order valence-corrected chi connectivity index (χ3v) is 1.48. The molecule has 0 aromatic heterocycles. The van der Waals surface area contributed by atoms with Crippen LogP contribution < -0.4 is 16.9 Å². The standard InChI is InChI=1S/C5H9NO.C3H9N3/c7-5-1-3-6-4-2-5;1-6(5)3-2-4/h6H,1-4H2;2-3H,4-5H2,1H3/b;3-2-. The van der Waals surface area contributed by atoms with E-state index in [0.717, 1.165) is 25.9 Å². The number of Topliss-reactive ketones (excluding diaryl/α,β-unsaturated/α-hetero) is 1. The second-order valence-corrected chi connectivity index (χ2v) is 2.80. The smallest absolute Gasteiger partial charge is 0.135 e. The maximum atomic E-state index is 10.4. The van der Waals surface area contributed by atoms with Crippen molar-refractivity contribution in [3.63, 3.8) is 0 Å². The molecule has 1 fully saturated rings. The first-order chi connectivity index (χ1) is 6.16. The monoisotopic (exact) mass is 186 g/mol. The average molecular weight is 186 g/mol. The molecule has 13 heavy (non-hydrogen) atoms. The van der Waals surface area contributed by atoms with Crippen molar-refractivity contribution in [1.82, 2.24) is 10.3 Å². The Morgan fingerprint density at radius 1 is 1.46 bits per heavy atom. The maximum Gasteiger partial charge on any atom is 0.135 e. The first-order valence-corrected chi connectivity index (χ1v) is 4.25. The molecule has 1 saturated heterocycles. The van der Waals surface area contributed by atoms with E-state index >= 15 is 0 Å². The summed E-state index contributed by atoms with van der Waals surface area (Å²) in [5, 5.41) is 4.47. The minimum Gasteiger partial charge on any atom is -0.403 e. The number of rotatable bonds is 1. The van der Waals surface area contributed by atoms with Crippen molar-refractivity contribution in [3.8, 4) is 0 Å². The summed E-state index contributed by atoms with van der Waals surface area (Å²) >= 11 is 0. The molecule has 1 aliphatic rings. The molecule has 0 saturated carbocycles. The SMILES string of the molecule is CN(N)/C=C\N.O=C1CCNCC1. The van der Waals surface area contributed by atoms with E-state index in [-0.39, 0.29) is 0 Å². The third-order valence-electron chi connectivity index (χ3n) is 1.48. The normalized spacial score (nSPS) is 16.6. The predicted octanol–water partition coefficient (Wildman–Crippen LogP) is -0.839. The summed E-state index contributed by atoms with van der Waals surface area (Å²) in [6.45, 7) is 1.78. The first kappa shape index (κ1) is 11.9. The second-order valence-electron chi connectivity index (χ2n) is 2.80. The minimum absolute atomic E-state index is 0.402. The molecule has 0 unspecified atom stereocenters. The molecule has 5 nitrogen and oxygen atoms in total. The molecular weight excluding hydrogens is 168 g/mol. The van der Waals surface area contributed by atoms with Crippen molar-refractivity contribution >= 4 is 5.78 Å². The molecule has 0 aliphatic carbocycles. The molecule has 0 atom stereocenters. The van der Waals surface area contributed by atoms with Crippen molar-refractivity contribution in [2.24, 2.45) is 11.6 Å². The minimum atomic E-state index is 0.402. The first-order valence-electron chi connectivity index (χ1n) is 4.25. The topological polar surface area (TPSA) is 84.4 Å². The lowest BCUT2D eigenvalue weighted by atomic mass is 10.1. The summed E-state index contributed by atoms with van der Waals surface area (Å²) in [4.78, 5) is 10.4. The highest BCUT2D eigenvalue weighted by Crippen LogP contribution is 1.91. The molecule has 0 bridgehead atoms. The van der Waals surface area contributed by atoms with Gasteiger partial charge >= 0.3 is 0 Å². The maximum absolute atomic E-state index is 10.4. The summed E-state index contributed by atoms with van der Waals surface area (Å²) in [6.07, 6.45) is 4.40. The number of nitrogens with one attached hydrogen (secondary N) is 1. The quantitative estimate of drug-likeness (QED) is 0.367. The number of ketones is 1. The number of piperidine rings is 1. The fourth-order valence-electron chi connectivity index (χ4n) is 0.841. The molecule has 5 N–H and O–H groups in total. The highest BCUT2D eigenvalue weighted by Gasteiger charge is 2.04. The van der Waals surface area contributed by atoms with Gasteiger partial charge in [-0.2, -0.15) is 0 Å². The van der Waals surface area contributed by atoms with Gasteiger partial charge in [0.1, 0.15) is 5.78 Å². The Hall–Kier alpha value is -1.07. The van der Waals surface area contributed by atoms with Crippen LogP contribution in [0.4, 0.5) is 0 Å². The van der Waals surface area contributed by atoms with E-state index in [0.29, 0.717) is 5.78 Å². The fourth-order valence-corrected chi connectivity index (χ4v) is 0.841. The van der Waals surface area contributed by atoms with Gasteiger partial charge < -0.3 is 16.1 Å². The third kappa shape index (κ3) is 8.84. The molecule has 0 spiro atoms. The lowest BCUT2D eigenvalue weighted by Crippen LogP contribution is -2.27. The van der Waals surface area contributed by atoms with Crippen LogP contribution in [0.15, 0.2) is 12.4 Å². The van der Waals surface area contributed by atoms with Crippen LogP contribution in [0.3, 0.4) is 0 Å². The molecule has 76 valence electrons. The van der Waals surface area contributed by atoms with Gasteiger partial charge in [-0.1, -0.05) is 0 Å². The van der Waals surface area contributed by atoms with Crippen LogP contribution in [0, 0.1) is 0 Å². The van der Waals surface area contributed by atoms with Gasteiger partial charge in [0.25, 0.3) is 0 Å². The van der Waals surface area contributed by atoms with Crippen LogP contribution in [-0.4, -0.2) is 30.9 Å². The van der Waals surface area contributed by atoms with Gasteiger partial charge in [0, 0.05) is 45.4 Å². The summed E-state index contributed by atoms with van der Waals surface area (Å²) in [5.74, 6) is 5.47. The van der Waals surface area contributed by atoms with Crippen LogP contribution in [-0.2, 0) is 4.79 Å². The Balaban J connectivity index is 0.000000226. The van der Waals surface area contributed by atoms with Crippen LogP contribution in [0.25, 0.3) is 0 Å². The Kier molecular flexibility index (Phi) is 6.95. The van der Waals surface area contributed by atoms with E-state index in [1.54, 1.807) is 13.2 Å². The molecule has 0 aromatic carbocycles. The van der Waals surface area contributed by atoms with Gasteiger partial charge in [-0.05, 0) is 0 Å². The Labute approximate surface area is 78.7 Å².